The number of ether oxygens (including phenoxy) is 1. The highest BCUT2D eigenvalue weighted by Crippen LogP contribution is 2.13. The summed E-state index contributed by atoms with van der Waals surface area (Å²) < 4.78 is 17.9. The van der Waals surface area contributed by atoms with Gasteiger partial charge in [0.25, 0.3) is 0 Å². The summed E-state index contributed by atoms with van der Waals surface area (Å²) in [4.78, 5) is 0. The first-order valence-corrected chi connectivity index (χ1v) is 5.72. The van der Waals surface area contributed by atoms with Crippen molar-refractivity contribution in [2.24, 2.45) is 0 Å². The standard InChI is InChI=1S/C13H20FNO/c1-11(15-8-3-4-9-16-2)12-6-5-7-13(14)10-12/h5-7,10-11,15H,3-4,8-9H2,1-2H3/t11-/m1/s1. The SMILES string of the molecule is COCCCCN[C@H](C)c1cccc(F)c1. The first-order chi connectivity index (χ1) is 7.74. The van der Waals surface area contributed by atoms with E-state index in [1.165, 1.54) is 6.07 Å². The van der Waals surface area contributed by atoms with Gasteiger partial charge in [-0.1, -0.05) is 12.1 Å². The van der Waals surface area contributed by atoms with Crippen LogP contribution in [0.4, 0.5) is 4.39 Å². The zero-order valence-electron chi connectivity index (χ0n) is 10.0. The molecule has 0 amide bonds. The Kier molecular flexibility index (Phi) is 6.04. The Bertz CT molecular complexity index is 304. The van der Waals surface area contributed by atoms with Crippen LogP contribution in [-0.4, -0.2) is 20.3 Å². The van der Waals surface area contributed by atoms with Crippen LogP contribution in [0.3, 0.4) is 0 Å². The highest BCUT2D eigenvalue weighted by Gasteiger charge is 2.04. The number of hydrogen-bond donors (Lipinski definition) is 1. The second-order valence-corrected chi connectivity index (χ2v) is 3.93. The first-order valence-electron chi connectivity index (χ1n) is 5.72. The zero-order valence-corrected chi connectivity index (χ0v) is 10.0. The molecule has 0 bridgehead atoms. The fourth-order valence-electron chi connectivity index (χ4n) is 1.58. The molecular formula is C13H20FNO. The molecule has 0 saturated heterocycles. The van der Waals surface area contributed by atoms with Crippen LogP contribution >= 0.6 is 0 Å². The van der Waals surface area contributed by atoms with E-state index in [0.717, 1.165) is 31.6 Å². The third-order valence-electron chi connectivity index (χ3n) is 2.57. The Labute approximate surface area is 96.8 Å². The summed E-state index contributed by atoms with van der Waals surface area (Å²) in [6.45, 7) is 3.78. The second-order valence-electron chi connectivity index (χ2n) is 3.93. The van der Waals surface area contributed by atoms with E-state index in [0.29, 0.717) is 0 Å². The lowest BCUT2D eigenvalue weighted by Crippen LogP contribution is -2.20. The molecule has 0 aliphatic carbocycles. The van der Waals surface area contributed by atoms with E-state index >= 15 is 0 Å². The molecule has 1 atom stereocenters. The predicted molar refractivity (Wildman–Crippen MR) is 63.9 cm³/mol. The zero-order chi connectivity index (χ0) is 11.8. The number of hydrogen-bond acceptors (Lipinski definition) is 2. The summed E-state index contributed by atoms with van der Waals surface area (Å²) in [5.74, 6) is -0.175. The van der Waals surface area contributed by atoms with Crippen LogP contribution in [0, 0.1) is 5.82 Å². The molecule has 0 aliphatic rings. The molecule has 90 valence electrons. The van der Waals surface area contributed by atoms with Gasteiger partial charge in [0.15, 0.2) is 0 Å². The number of nitrogens with one attached hydrogen (secondary N) is 1. The summed E-state index contributed by atoms with van der Waals surface area (Å²) in [7, 11) is 1.71. The van der Waals surface area contributed by atoms with Gasteiger partial charge in [-0.3, -0.25) is 0 Å². The topological polar surface area (TPSA) is 21.3 Å². The van der Waals surface area contributed by atoms with Crippen molar-refractivity contribution in [1.82, 2.24) is 5.32 Å². The maximum atomic E-state index is 13.0. The number of benzene rings is 1. The van der Waals surface area contributed by atoms with Crippen LogP contribution in [0.5, 0.6) is 0 Å². The first kappa shape index (κ1) is 13.1. The van der Waals surface area contributed by atoms with Crippen LogP contribution in [0.25, 0.3) is 0 Å². The quantitative estimate of drug-likeness (QED) is 0.720. The maximum absolute atomic E-state index is 13.0. The number of halogens is 1. The number of methoxy groups -OCH3 is 1. The van der Waals surface area contributed by atoms with Crippen molar-refractivity contribution >= 4 is 0 Å². The average molecular weight is 225 g/mol. The molecule has 0 heterocycles. The summed E-state index contributed by atoms with van der Waals surface area (Å²) in [5.41, 5.74) is 0.992. The van der Waals surface area contributed by atoms with Crippen LogP contribution in [0.2, 0.25) is 0 Å². The van der Waals surface area contributed by atoms with Crippen molar-refractivity contribution in [3.63, 3.8) is 0 Å². The van der Waals surface area contributed by atoms with Gasteiger partial charge >= 0.3 is 0 Å². The Balaban J connectivity index is 2.27. The smallest absolute Gasteiger partial charge is 0.123 e. The monoisotopic (exact) mass is 225 g/mol. The maximum Gasteiger partial charge on any atom is 0.123 e. The summed E-state index contributed by atoms with van der Waals surface area (Å²) in [6, 6.07) is 6.92. The lowest BCUT2D eigenvalue weighted by atomic mass is 10.1. The van der Waals surface area contributed by atoms with Gasteiger partial charge in [0.2, 0.25) is 0 Å². The van der Waals surface area contributed by atoms with E-state index in [1.807, 2.05) is 13.0 Å². The normalized spacial score (nSPS) is 12.7. The molecule has 1 aromatic rings. The molecule has 0 spiro atoms. The van der Waals surface area contributed by atoms with E-state index in [1.54, 1.807) is 19.2 Å². The molecular weight excluding hydrogens is 205 g/mol. The summed E-state index contributed by atoms with van der Waals surface area (Å²) >= 11 is 0. The van der Waals surface area contributed by atoms with Crippen LogP contribution in [0.15, 0.2) is 24.3 Å². The van der Waals surface area contributed by atoms with E-state index in [-0.39, 0.29) is 11.9 Å². The Morgan fingerprint density at radius 3 is 2.88 bits per heavy atom. The Morgan fingerprint density at radius 2 is 2.19 bits per heavy atom. The lowest BCUT2D eigenvalue weighted by molar-refractivity contribution is 0.192. The van der Waals surface area contributed by atoms with Gasteiger partial charge in [0.1, 0.15) is 5.82 Å². The summed E-state index contributed by atoms with van der Waals surface area (Å²) in [5, 5.41) is 3.36. The highest BCUT2D eigenvalue weighted by molar-refractivity contribution is 5.19. The lowest BCUT2D eigenvalue weighted by Gasteiger charge is -2.14. The molecule has 1 aromatic carbocycles. The van der Waals surface area contributed by atoms with Gasteiger partial charge in [0, 0.05) is 19.8 Å². The molecule has 0 fully saturated rings. The van der Waals surface area contributed by atoms with Gasteiger partial charge in [0.05, 0.1) is 0 Å². The van der Waals surface area contributed by atoms with Crippen molar-refractivity contribution in [2.75, 3.05) is 20.3 Å². The molecule has 0 unspecified atom stereocenters. The van der Waals surface area contributed by atoms with E-state index < -0.39 is 0 Å². The molecule has 0 saturated carbocycles. The average Bonchev–Trinajstić information content (AvgIpc) is 2.28. The van der Waals surface area contributed by atoms with Gasteiger partial charge in [-0.15, -0.1) is 0 Å². The third kappa shape index (κ3) is 4.73. The van der Waals surface area contributed by atoms with Crippen molar-refractivity contribution < 1.29 is 9.13 Å². The number of rotatable bonds is 7. The van der Waals surface area contributed by atoms with Crippen molar-refractivity contribution in [3.8, 4) is 0 Å². The van der Waals surface area contributed by atoms with Gasteiger partial charge < -0.3 is 10.1 Å². The van der Waals surface area contributed by atoms with Crippen LogP contribution in [-0.2, 0) is 4.74 Å². The van der Waals surface area contributed by atoms with Gasteiger partial charge in [-0.25, -0.2) is 4.39 Å². The molecule has 1 rings (SSSR count). The molecule has 0 aromatic heterocycles. The van der Waals surface area contributed by atoms with E-state index in [4.69, 9.17) is 4.74 Å². The molecule has 0 aliphatic heterocycles. The minimum atomic E-state index is -0.175. The summed E-state index contributed by atoms with van der Waals surface area (Å²) in [6.07, 6.45) is 2.13. The molecule has 2 nitrogen and oxygen atoms in total. The van der Waals surface area contributed by atoms with Crippen molar-refractivity contribution in [3.05, 3.63) is 35.6 Å². The van der Waals surface area contributed by atoms with Crippen molar-refractivity contribution in [2.45, 2.75) is 25.8 Å². The number of unbranched alkanes of at least 4 members (excludes halogenated alkanes) is 1. The Hall–Kier alpha value is -0.930. The third-order valence-corrected chi connectivity index (χ3v) is 2.57. The Morgan fingerprint density at radius 1 is 1.38 bits per heavy atom. The van der Waals surface area contributed by atoms with E-state index in [2.05, 4.69) is 5.32 Å². The molecule has 3 heteroatoms. The van der Waals surface area contributed by atoms with Crippen LogP contribution in [0.1, 0.15) is 31.4 Å². The molecule has 0 radical (unpaired) electrons. The van der Waals surface area contributed by atoms with Gasteiger partial charge in [-0.2, -0.15) is 0 Å². The predicted octanol–water partition coefficient (Wildman–Crippen LogP) is 2.90. The minimum Gasteiger partial charge on any atom is -0.385 e. The van der Waals surface area contributed by atoms with Crippen LogP contribution < -0.4 is 5.32 Å². The molecule has 1 N–H and O–H groups in total. The fraction of sp³-hybridized carbons (Fsp3) is 0.538. The highest BCUT2D eigenvalue weighted by atomic mass is 19.1. The van der Waals surface area contributed by atoms with Crippen molar-refractivity contribution in [1.29, 1.82) is 0 Å². The fourth-order valence-corrected chi connectivity index (χ4v) is 1.58. The van der Waals surface area contributed by atoms with E-state index in [9.17, 15) is 4.39 Å². The largest absolute Gasteiger partial charge is 0.385 e. The minimum absolute atomic E-state index is 0.175. The molecule has 16 heavy (non-hydrogen) atoms. The second kappa shape index (κ2) is 7.36. The van der Waals surface area contributed by atoms with Gasteiger partial charge in [-0.05, 0) is 44.0 Å².